The van der Waals surface area contributed by atoms with Crippen LogP contribution in [0.5, 0.6) is 0 Å². The molecule has 1 fully saturated rings. The molecule has 0 atom stereocenters. The van der Waals surface area contributed by atoms with Crippen LogP contribution in [0.1, 0.15) is 25.0 Å². The van der Waals surface area contributed by atoms with Crippen molar-refractivity contribution in [1.29, 1.82) is 0 Å². The SMILES string of the molecule is Cc1ccc(CN(CCN2CCOCC2)CC(C)(C)O)cc1. The Balaban J connectivity index is 1.91. The van der Waals surface area contributed by atoms with E-state index in [1.54, 1.807) is 0 Å². The van der Waals surface area contributed by atoms with Crippen molar-refractivity contribution in [2.45, 2.75) is 32.9 Å². The fourth-order valence-corrected chi connectivity index (χ4v) is 2.82. The highest BCUT2D eigenvalue weighted by atomic mass is 16.5. The molecule has 0 bridgehead atoms. The molecule has 2 rings (SSSR count). The lowest BCUT2D eigenvalue weighted by molar-refractivity contribution is 0.0139. The Morgan fingerprint density at radius 2 is 1.82 bits per heavy atom. The molecular formula is C18H30N2O2. The fraction of sp³-hybridized carbons (Fsp3) is 0.667. The molecule has 1 aliphatic heterocycles. The third-order valence-corrected chi connectivity index (χ3v) is 3.97. The summed E-state index contributed by atoms with van der Waals surface area (Å²) in [4.78, 5) is 4.79. The molecule has 0 spiro atoms. The predicted octanol–water partition coefficient (Wildman–Crippen LogP) is 1.90. The van der Waals surface area contributed by atoms with Gasteiger partial charge in [-0.3, -0.25) is 9.80 Å². The standard InChI is InChI=1S/C18H30N2O2/c1-16-4-6-17(7-5-16)14-20(15-18(2,3)21)9-8-19-10-12-22-13-11-19/h4-7,21H,8-15H2,1-3H3. The number of aryl methyl sites for hydroxylation is 1. The molecular weight excluding hydrogens is 276 g/mol. The Morgan fingerprint density at radius 3 is 2.41 bits per heavy atom. The topological polar surface area (TPSA) is 35.9 Å². The number of morpholine rings is 1. The van der Waals surface area contributed by atoms with Gasteiger partial charge < -0.3 is 9.84 Å². The smallest absolute Gasteiger partial charge is 0.0718 e. The van der Waals surface area contributed by atoms with E-state index in [4.69, 9.17) is 4.74 Å². The van der Waals surface area contributed by atoms with Crippen LogP contribution in [-0.4, -0.2) is 66.4 Å². The second kappa shape index (κ2) is 8.06. The Morgan fingerprint density at radius 1 is 1.18 bits per heavy atom. The zero-order valence-corrected chi connectivity index (χ0v) is 14.2. The van der Waals surface area contributed by atoms with Crippen LogP contribution in [0, 0.1) is 6.92 Å². The maximum Gasteiger partial charge on any atom is 0.0718 e. The van der Waals surface area contributed by atoms with Gasteiger partial charge in [0.2, 0.25) is 0 Å². The number of ether oxygens (including phenoxy) is 1. The highest BCUT2D eigenvalue weighted by Crippen LogP contribution is 2.11. The van der Waals surface area contributed by atoms with Crippen LogP contribution < -0.4 is 0 Å². The van der Waals surface area contributed by atoms with E-state index < -0.39 is 5.60 Å². The van der Waals surface area contributed by atoms with Gasteiger partial charge in [-0.15, -0.1) is 0 Å². The minimum absolute atomic E-state index is 0.671. The molecule has 0 radical (unpaired) electrons. The van der Waals surface area contributed by atoms with Gasteiger partial charge in [0.15, 0.2) is 0 Å². The van der Waals surface area contributed by atoms with E-state index in [1.807, 2.05) is 13.8 Å². The average molecular weight is 306 g/mol. The molecule has 0 aliphatic carbocycles. The van der Waals surface area contributed by atoms with E-state index in [9.17, 15) is 5.11 Å². The Labute approximate surface area is 134 Å². The first-order chi connectivity index (χ1) is 10.4. The summed E-state index contributed by atoms with van der Waals surface area (Å²) in [5, 5.41) is 10.2. The van der Waals surface area contributed by atoms with E-state index in [-0.39, 0.29) is 0 Å². The molecule has 1 aromatic rings. The van der Waals surface area contributed by atoms with Crippen LogP contribution in [0.2, 0.25) is 0 Å². The van der Waals surface area contributed by atoms with Gasteiger partial charge in [0.1, 0.15) is 0 Å². The molecule has 1 saturated heterocycles. The molecule has 0 unspecified atom stereocenters. The van der Waals surface area contributed by atoms with Crippen LogP contribution in [-0.2, 0) is 11.3 Å². The van der Waals surface area contributed by atoms with E-state index in [0.717, 1.165) is 45.9 Å². The molecule has 4 nitrogen and oxygen atoms in total. The largest absolute Gasteiger partial charge is 0.389 e. The molecule has 4 heteroatoms. The first-order valence-electron chi connectivity index (χ1n) is 8.23. The minimum atomic E-state index is -0.671. The van der Waals surface area contributed by atoms with Crippen molar-refractivity contribution in [1.82, 2.24) is 9.80 Å². The summed E-state index contributed by atoms with van der Waals surface area (Å²) < 4.78 is 5.40. The van der Waals surface area contributed by atoms with Gasteiger partial charge in [-0.05, 0) is 26.3 Å². The summed E-state index contributed by atoms with van der Waals surface area (Å²) in [6.45, 7) is 13.1. The number of hydrogen-bond acceptors (Lipinski definition) is 4. The third kappa shape index (κ3) is 6.44. The van der Waals surface area contributed by atoms with Crippen molar-refractivity contribution in [2.75, 3.05) is 45.9 Å². The van der Waals surface area contributed by atoms with Crippen molar-refractivity contribution in [3.05, 3.63) is 35.4 Å². The minimum Gasteiger partial charge on any atom is -0.389 e. The summed E-state index contributed by atoms with van der Waals surface area (Å²) in [7, 11) is 0. The third-order valence-electron chi connectivity index (χ3n) is 3.97. The second-order valence-electron chi connectivity index (χ2n) is 6.96. The number of nitrogens with zero attached hydrogens (tertiary/aromatic N) is 2. The van der Waals surface area contributed by atoms with E-state index in [0.29, 0.717) is 6.54 Å². The van der Waals surface area contributed by atoms with E-state index in [1.165, 1.54) is 11.1 Å². The molecule has 1 aliphatic rings. The molecule has 124 valence electrons. The van der Waals surface area contributed by atoms with Crippen LogP contribution in [0.4, 0.5) is 0 Å². The fourth-order valence-electron chi connectivity index (χ4n) is 2.82. The van der Waals surface area contributed by atoms with Gasteiger partial charge in [-0.25, -0.2) is 0 Å². The lowest BCUT2D eigenvalue weighted by Gasteiger charge is -2.33. The Hall–Kier alpha value is -0.940. The van der Waals surface area contributed by atoms with Crippen molar-refractivity contribution in [2.24, 2.45) is 0 Å². The second-order valence-corrected chi connectivity index (χ2v) is 6.96. The van der Waals surface area contributed by atoms with Crippen LogP contribution in [0.25, 0.3) is 0 Å². The number of hydrogen-bond donors (Lipinski definition) is 1. The van der Waals surface area contributed by atoms with Crippen LogP contribution >= 0.6 is 0 Å². The highest BCUT2D eigenvalue weighted by Gasteiger charge is 2.19. The first kappa shape index (κ1) is 17.4. The van der Waals surface area contributed by atoms with Gasteiger partial charge in [0.25, 0.3) is 0 Å². The number of benzene rings is 1. The number of rotatable bonds is 7. The summed E-state index contributed by atoms with van der Waals surface area (Å²) in [6, 6.07) is 8.67. The zero-order chi connectivity index (χ0) is 16.0. The van der Waals surface area contributed by atoms with Crippen molar-refractivity contribution in [3.8, 4) is 0 Å². The molecule has 0 amide bonds. The normalized spacial score (nSPS) is 17.1. The summed E-state index contributed by atoms with van der Waals surface area (Å²) in [6.07, 6.45) is 0. The summed E-state index contributed by atoms with van der Waals surface area (Å²) in [5.74, 6) is 0. The maximum atomic E-state index is 10.2. The van der Waals surface area contributed by atoms with Crippen molar-refractivity contribution >= 4 is 0 Å². The summed E-state index contributed by atoms with van der Waals surface area (Å²) in [5.41, 5.74) is 1.92. The summed E-state index contributed by atoms with van der Waals surface area (Å²) >= 11 is 0. The lowest BCUT2D eigenvalue weighted by Crippen LogP contribution is -2.44. The molecule has 1 aromatic carbocycles. The Bertz CT molecular complexity index is 433. The van der Waals surface area contributed by atoms with Gasteiger partial charge in [0.05, 0.1) is 18.8 Å². The number of aliphatic hydroxyl groups is 1. The van der Waals surface area contributed by atoms with Crippen LogP contribution in [0.15, 0.2) is 24.3 Å². The van der Waals surface area contributed by atoms with Crippen LogP contribution in [0.3, 0.4) is 0 Å². The molecule has 0 aromatic heterocycles. The van der Waals surface area contributed by atoms with Crippen molar-refractivity contribution < 1.29 is 9.84 Å². The van der Waals surface area contributed by atoms with E-state index in [2.05, 4.69) is 41.0 Å². The quantitative estimate of drug-likeness (QED) is 0.835. The highest BCUT2D eigenvalue weighted by molar-refractivity contribution is 5.21. The van der Waals surface area contributed by atoms with Gasteiger partial charge >= 0.3 is 0 Å². The van der Waals surface area contributed by atoms with Gasteiger partial charge in [-0.1, -0.05) is 29.8 Å². The first-order valence-corrected chi connectivity index (χ1v) is 8.23. The Kier molecular flexibility index (Phi) is 6.38. The maximum absolute atomic E-state index is 10.2. The monoisotopic (exact) mass is 306 g/mol. The molecule has 1 heterocycles. The predicted molar refractivity (Wildman–Crippen MR) is 90.0 cm³/mol. The molecule has 0 saturated carbocycles. The lowest BCUT2D eigenvalue weighted by atomic mass is 10.1. The van der Waals surface area contributed by atoms with Gasteiger partial charge in [-0.2, -0.15) is 0 Å². The molecule has 1 N–H and O–H groups in total. The van der Waals surface area contributed by atoms with Crippen molar-refractivity contribution in [3.63, 3.8) is 0 Å². The zero-order valence-electron chi connectivity index (χ0n) is 14.2. The van der Waals surface area contributed by atoms with Gasteiger partial charge in [0, 0.05) is 39.3 Å². The van der Waals surface area contributed by atoms with E-state index >= 15 is 0 Å². The average Bonchev–Trinajstić information content (AvgIpc) is 2.47. The molecule has 22 heavy (non-hydrogen) atoms.